The number of rotatable bonds is 4. The summed E-state index contributed by atoms with van der Waals surface area (Å²) in [7, 11) is 0. The number of fused-ring (bicyclic) bond motifs is 1. The Labute approximate surface area is 128 Å². The third kappa shape index (κ3) is 2.89. The molecular weight excluding hydrogens is 282 g/mol. The summed E-state index contributed by atoms with van der Waals surface area (Å²) < 4.78 is 5.82. The van der Waals surface area contributed by atoms with Crippen molar-refractivity contribution in [2.45, 2.75) is 31.8 Å². The Morgan fingerprint density at radius 1 is 1.33 bits per heavy atom. The molecule has 0 bridgehead atoms. The lowest BCUT2D eigenvalue weighted by Gasteiger charge is -2.20. The first kappa shape index (κ1) is 13.1. The van der Waals surface area contributed by atoms with Gasteiger partial charge in [0.05, 0.1) is 18.0 Å². The first-order valence-corrected chi connectivity index (χ1v) is 8.45. The Bertz CT molecular complexity index is 623. The smallest absolute Gasteiger partial charge is 0.190 e. The molecule has 1 saturated carbocycles. The van der Waals surface area contributed by atoms with E-state index in [1.165, 1.54) is 12.8 Å². The van der Waals surface area contributed by atoms with Crippen LogP contribution in [-0.2, 0) is 6.54 Å². The van der Waals surface area contributed by atoms with Crippen LogP contribution in [-0.4, -0.2) is 24.2 Å². The fraction of sp³-hybridized carbons (Fsp3) is 0.438. The minimum atomic E-state index is 0.725. The van der Waals surface area contributed by atoms with Crippen molar-refractivity contribution in [1.29, 1.82) is 0 Å². The van der Waals surface area contributed by atoms with Crippen molar-refractivity contribution in [3.8, 4) is 5.75 Å². The van der Waals surface area contributed by atoms with Crippen LogP contribution in [0.25, 0.3) is 0 Å². The van der Waals surface area contributed by atoms with Gasteiger partial charge in [0.2, 0.25) is 0 Å². The summed E-state index contributed by atoms with van der Waals surface area (Å²) in [6, 6.07) is 8.96. The molecule has 0 amide bonds. The summed E-state index contributed by atoms with van der Waals surface area (Å²) in [5.74, 6) is 0.961. The third-order valence-electron chi connectivity index (χ3n) is 3.86. The van der Waals surface area contributed by atoms with E-state index >= 15 is 0 Å². The molecule has 2 aromatic rings. The molecule has 0 radical (unpaired) electrons. The van der Waals surface area contributed by atoms with Crippen molar-refractivity contribution >= 4 is 22.2 Å². The van der Waals surface area contributed by atoms with Gasteiger partial charge in [-0.25, -0.2) is 4.98 Å². The van der Waals surface area contributed by atoms with E-state index in [-0.39, 0.29) is 0 Å². The predicted octanol–water partition coefficient (Wildman–Crippen LogP) is 3.32. The topological polar surface area (TPSA) is 37.4 Å². The Hall–Kier alpha value is -1.59. The lowest BCUT2D eigenvalue weighted by Crippen LogP contribution is -2.18. The normalized spacial score (nSPS) is 18.0. The van der Waals surface area contributed by atoms with Crippen LogP contribution in [0.4, 0.5) is 10.8 Å². The molecule has 0 unspecified atom stereocenters. The third-order valence-corrected chi connectivity index (χ3v) is 4.77. The van der Waals surface area contributed by atoms with E-state index in [4.69, 9.17) is 9.72 Å². The Morgan fingerprint density at radius 3 is 3.14 bits per heavy atom. The second kappa shape index (κ2) is 5.66. The Kier molecular flexibility index (Phi) is 3.53. The first-order chi connectivity index (χ1) is 10.4. The van der Waals surface area contributed by atoms with Gasteiger partial charge in [0.15, 0.2) is 5.13 Å². The van der Waals surface area contributed by atoms with E-state index in [1.807, 2.05) is 12.1 Å². The number of thiazole rings is 1. The lowest BCUT2D eigenvalue weighted by molar-refractivity contribution is 0.322. The van der Waals surface area contributed by atoms with Crippen LogP contribution < -0.4 is 15.0 Å². The van der Waals surface area contributed by atoms with E-state index in [1.54, 1.807) is 11.3 Å². The van der Waals surface area contributed by atoms with Crippen LogP contribution in [0.15, 0.2) is 29.6 Å². The van der Waals surface area contributed by atoms with Crippen molar-refractivity contribution in [1.82, 2.24) is 10.3 Å². The molecule has 4 nitrogen and oxygen atoms in total. The average Bonchev–Trinajstić information content (AvgIpc) is 3.27. The molecule has 1 aliphatic heterocycles. The monoisotopic (exact) mass is 301 g/mol. The van der Waals surface area contributed by atoms with Gasteiger partial charge in [0, 0.05) is 24.5 Å². The Balaban J connectivity index is 1.57. The molecule has 1 aromatic heterocycles. The van der Waals surface area contributed by atoms with Gasteiger partial charge in [-0.3, -0.25) is 0 Å². The van der Waals surface area contributed by atoms with Crippen LogP contribution in [0.2, 0.25) is 0 Å². The molecule has 1 N–H and O–H groups in total. The maximum atomic E-state index is 5.82. The Morgan fingerprint density at radius 2 is 2.24 bits per heavy atom. The van der Waals surface area contributed by atoms with Crippen LogP contribution >= 0.6 is 11.3 Å². The highest BCUT2D eigenvalue weighted by molar-refractivity contribution is 7.13. The molecule has 4 rings (SSSR count). The van der Waals surface area contributed by atoms with Gasteiger partial charge >= 0.3 is 0 Å². The number of ether oxygens (including phenoxy) is 1. The van der Waals surface area contributed by atoms with Crippen LogP contribution in [0.3, 0.4) is 0 Å². The number of nitrogens with one attached hydrogen (secondary N) is 1. The van der Waals surface area contributed by atoms with E-state index in [0.29, 0.717) is 0 Å². The van der Waals surface area contributed by atoms with Gasteiger partial charge in [-0.1, -0.05) is 12.1 Å². The number of benzene rings is 1. The van der Waals surface area contributed by atoms with Crippen LogP contribution in [0, 0.1) is 0 Å². The molecule has 1 aromatic carbocycles. The summed E-state index contributed by atoms with van der Waals surface area (Å²) in [6.45, 7) is 2.61. The minimum Gasteiger partial charge on any atom is -0.491 e. The summed E-state index contributed by atoms with van der Waals surface area (Å²) >= 11 is 1.72. The van der Waals surface area contributed by atoms with Gasteiger partial charge in [-0.05, 0) is 31.4 Å². The summed E-state index contributed by atoms with van der Waals surface area (Å²) in [5, 5.41) is 6.76. The van der Waals surface area contributed by atoms with Crippen molar-refractivity contribution in [2.75, 3.05) is 18.1 Å². The van der Waals surface area contributed by atoms with Gasteiger partial charge in [0.1, 0.15) is 5.75 Å². The molecule has 2 aliphatic rings. The number of para-hydroxylation sites is 2. The molecular formula is C16H19N3OS. The standard InChI is InChI=1S/C16H19N3OS/c1-2-5-15-14(4-1)19(8-3-9-20-15)16-18-13(11-21-16)10-17-12-6-7-12/h1-2,4-5,11-12,17H,3,6-10H2. The largest absolute Gasteiger partial charge is 0.491 e. The fourth-order valence-electron chi connectivity index (χ4n) is 2.56. The van der Waals surface area contributed by atoms with Gasteiger partial charge < -0.3 is 15.0 Å². The van der Waals surface area contributed by atoms with Crippen molar-refractivity contribution < 1.29 is 4.74 Å². The second-order valence-corrected chi connectivity index (χ2v) is 6.43. The maximum Gasteiger partial charge on any atom is 0.190 e. The van der Waals surface area contributed by atoms with Crippen molar-refractivity contribution in [3.05, 3.63) is 35.3 Å². The number of hydrogen-bond acceptors (Lipinski definition) is 5. The van der Waals surface area contributed by atoms with E-state index < -0.39 is 0 Å². The van der Waals surface area contributed by atoms with Gasteiger partial charge in [0.25, 0.3) is 0 Å². The molecule has 21 heavy (non-hydrogen) atoms. The van der Waals surface area contributed by atoms with Crippen molar-refractivity contribution in [3.63, 3.8) is 0 Å². The van der Waals surface area contributed by atoms with E-state index in [9.17, 15) is 0 Å². The molecule has 1 fully saturated rings. The first-order valence-electron chi connectivity index (χ1n) is 7.57. The molecule has 1 aliphatic carbocycles. The fourth-order valence-corrected chi connectivity index (χ4v) is 3.43. The number of nitrogens with zero attached hydrogens (tertiary/aromatic N) is 2. The summed E-state index contributed by atoms with van der Waals surface area (Å²) in [4.78, 5) is 7.09. The zero-order valence-electron chi connectivity index (χ0n) is 11.9. The quantitative estimate of drug-likeness (QED) is 0.940. The number of hydrogen-bond donors (Lipinski definition) is 1. The lowest BCUT2D eigenvalue weighted by atomic mass is 10.2. The van der Waals surface area contributed by atoms with Crippen molar-refractivity contribution in [2.24, 2.45) is 0 Å². The van der Waals surface area contributed by atoms with Gasteiger partial charge in [-0.2, -0.15) is 0 Å². The molecule has 2 heterocycles. The second-order valence-electron chi connectivity index (χ2n) is 5.60. The highest BCUT2D eigenvalue weighted by Crippen LogP contribution is 2.37. The predicted molar refractivity (Wildman–Crippen MR) is 85.5 cm³/mol. The van der Waals surface area contributed by atoms with Crippen LogP contribution in [0.1, 0.15) is 25.0 Å². The zero-order valence-corrected chi connectivity index (χ0v) is 12.7. The van der Waals surface area contributed by atoms with Crippen LogP contribution in [0.5, 0.6) is 5.75 Å². The number of anilines is 2. The van der Waals surface area contributed by atoms with E-state index in [2.05, 4.69) is 27.7 Å². The number of aromatic nitrogens is 1. The molecule has 0 saturated heterocycles. The molecule has 0 spiro atoms. The molecule has 110 valence electrons. The van der Waals surface area contributed by atoms with Gasteiger partial charge in [-0.15, -0.1) is 11.3 Å². The molecule has 5 heteroatoms. The zero-order chi connectivity index (χ0) is 14.1. The summed E-state index contributed by atoms with van der Waals surface area (Å²) in [5.41, 5.74) is 2.27. The minimum absolute atomic E-state index is 0.725. The average molecular weight is 301 g/mol. The summed E-state index contributed by atoms with van der Waals surface area (Å²) in [6.07, 6.45) is 3.64. The maximum absolute atomic E-state index is 5.82. The SMILES string of the molecule is c1ccc2c(c1)OCCCN2c1nc(CNC2CC2)cs1. The van der Waals surface area contributed by atoms with E-state index in [0.717, 1.165) is 54.4 Å². The highest BCUT2D eigenvalue weighted by Gasteiger charge is 2.22. The molecule has 0 atom stereocenters. The highest BCUT2D eigenvalue weighted by atomic mass is 32.1.